The van der Waals surface area contributed by atoms with Crippen molar-refractivity contribution in [2.45, 2.75) is 6.92 Å². The number of hydrogen-bond acceptors (Lipinski definition) is 6. The molecule has 0 aliphatic carbocycles. The molecular weight excluding hydrogens is 390 g/mol. The predicted octanol–water partition coefficient (Wildman–Crippen LogP) is 2.38. The second-order valence-corrected chi connectivity index (χ2v) is 7.43. The maximum absolute atomic E-state index is 12.4. The van der Waals surface area contributed by atoms with Crippen molar-refractivity contribution in [3.8, 4) is 5.69 Å². The lowest BCUT2D eigenvalue weighted by molar-refractivity contribution is -0.117. The van der Waals surface area contributed by atoms with Crippen molar-refractivity contribution in [1.82, 2.24) is 25.1 Å². The molecule has 1 amide bonds. The van der Waals surface area contributed by atoms with E-state index in [4.69, 9.17) is 11.6 Å². The van der Waals surface area contributed by atoms with Gasteiger partial charge in [0.15, 0.2) is 0 Å². The van der Waals surface area contributed by atoms with Gasteiger partial charge in [0.2, 0.25) is 11.9 Å². The van der Waals surface area contributed by atoms with Crippen molar-refractivity contribution >= 4 is 29.1 Å². The zero-order valence-electron chi connectivity index (χ0n) is 16.1. The zero-order chi connectivity index (χ0) is 20.2. The van der Waals surface area contributed by atoms with E-state index in [9.17, 15) is 4.79 Å². The minimum Gasteiger partial charge on any atom is -0.337 e. The average molecular weight is 412 g/mol. The number of halogens is 1. The lowest BCUT2D eigenvalue weighted by atomic mass is 10.2. The van der Waals surface area contributed by atoms with E-state index in [0.29, 0.717) is 23.2 Å². The number of rotatable bonds is 5. The Morgan fingerprint density at radius 2 is 1.86 bits per heavy atom. The summed E-state index contributed by atoms with van der Waals surface area (Å²) in [5.74, 6) is 0.644. The number of anilines is 2. The molecule has 1 aliphatic heterocycles. The van der Waals surface area contributed by atoms with Crippen molar-refractivity contribution in [1.29, 1.82) is 0 Å². The second kappa shape index (κ2) is 8.59. The van der Waals surface area contributed by atoms with Gasteiger partial charge < -0.3 is 10.2 Å². The van der Waals surface area contributed by atoms with Crippen LogP contribution in [0.2, 0.25) is 5.02 Å². The number of piperazine rings is 1. The van der Waals surface area contributed by atoms with Gasteiger partial charge in [-0.1, -0.05) is 41.0 Å². The molecule has 9 heteroatoms. The molecule has 0 atom stereocenters. The first-order chi connectivity index (χ1) is 14.1. The van der Waals surface area contributed by atoms with Crippen LogP contribution in [0, 0.1) is 6.92 Å². The summed E-state index contributed by atoms with van der Waals surface area (Å²) in [6.45, 7) is 5.26. The SMILES string of the molecule is Cc1ccc(NC(=O)CN2CCN(c3nnnn3-c3ccccc3)CC2)c(Cl)c1. The molecule has 0 unspecified atom stereocenters. The van der Waals surface area contributed by atoms with Crippen LogP contribution < -0.4 is 10.2 Å². The second-order valence-electron chi connectivity index (χ2n) is 7.02. The van der Waals surface area contributed by atoms with Gasteiger partial charge in [-0.25, -0.2) is 0 Å². The largest absolute Gasteiger partial charge is 0.337 e. The van der Waals surface area contributed by atoms with E-state index in [-0.39, 0.29) is 5.91 Å². The number of carbonyl (C=O) groups is 1. The molecular formula is C20H22ClN7O. The lowest BCUT2D eigenvalue weighted by Crippen LogP contribution is -2.49. The first-order valence-corrected chi connectivity index (χ1v) is 9.85. The molecule has 1 N–H and O–H groups in total. The molecule has 2 heterocycles. The molecule has 8 nitrogen and oxygen atoms in total. The molecule has 0 bridgehead atoms. The Morgan fingerprint density at radius 3 is 2.59 bits per heavy atom. The molecule has 1 aliphatic rings. The highest BCUT2D eigenvalue weighted by molar-refractivity contribution is 6.33. The van der Waals surface area contributed by atoms with E-state index >= 15 is 0 Å². The highest BCUT2D eigenvalue weighted by Crippen LogP contribution is 2.23. The number of benzene rings is 2. The Hall–Kier alpha value is -2.97. The molecule has 0 radical (unpaired) electrons. The summed E-state index contributed by atoms with van der Waals surface area (Å²) in [6, 6.07) is 15.4. The molecule has 1 saturated heterocycles. The zero-order valence-corrected chi connectivity index (χ0v) is 16.9. The van der Waals surface area contributed by atoms with E-state index in [0.717, 1.165) is 37.4 Å². The van der Waals surface area contributed by atoms with Crippen LogP contribution in [-0.2, 0) is 4.79 Å². The summed E-state index contributed by atoms with van der Waals surface area (Å²) in [5, 5.41) is 15.6. The third-order valence-corrected chi connectivity index (χ3v) is 5.19. The first kappa shape index (κ1) is 19.4. The van der Waals surface area contributed by atoms with Crippen molar-refractivity contribution in [2.75, 3.05) is 42.9 Å². The maximum atomic E-state index is 12.4. The highest BCUT2D eigenvalue weighted by Gasteiger charge is 2.23. The van der Waals surface area contributed by atoms with Gasteiger partial charge in [-0.05, 0) is 47.2 Å². The number of tetrazole rings is 1. The van der Waals surface area contributed by atoms with Crippen molar-refractivity contribution in [3.05, 3.63) is 59.1 Å². The topological polar surface area (TPSA) is 79.2 Å². The van der Waals surface area contributed by atoms with Crippen LogP contribution in [0.4, 0.5) is 11.6 Å². The van der Waals surface area contributed by atoms with Crippen LogP contribution in [0.25, 0.3) is 5.69 Å². The van der Waals surface area contributed by atoms with Crippen LogP contribution in [-0.4, -0.2) is 63.7 Å². The first-order valence-electron chi connectivity index (χ1n) is 9.47. The van der Waals surface area contributed by atoms with Gasteiger partial charge in [-0.2, -0.15) is 4.68 Å². The number of nitrogens with zero attached hydrogens (tertiary/aromatic N) is 6. The van der Waals surface area contributed by atoms with E-state index in [1.165, 1.54) is 0 Å². The molecule has 2 aromatic carbocycles. The van der Waals surface area contributed by atoms with Gasteiger partial charge in [-0.15, -0.1) is 0 Å². The number of amides is 1. The number of aryl methyl sites for hydroxylation is 1. The number of carbonyl (C=O) groups excluding carboxylic acids is 1. The molecule has 3 aromatic rings. The fourth-order valence-corrected chi connectivity index (χ4v) is 3.62. The van der Waals surface area contributed by atoms with Gasteiger partial charge in [0.25, 0.3) is 0 Å². The number of aromatic nitrogens is 4. The highest BCUT2D eigenvalue weighted by atomic mass is 35.5. The van der Waals surface area contributed by atoms with Gasteiger partial charge in [0.05, 0.1) is 22.9 Å². The Bertz CT molecular complexity index is 984. The number of hydrogen-bond donors (Lipinski definition) is 1. The van der Waals surface area contributed by atoms with Crippen LogP contribution >= 0.6 is 11.6 Å². The van der Waals surface area contributed by atoms with Crippen LogP contribution in [0.1, 0.15) is 5.56 Å². The average Bonchev–Trinajstić information content (AvgIpc) is 3.21. The van der Waals surface area contributed by atoms with E-state index in [2.05, 4.69) is 30.6 Å². The van der Waals surface area contributed by atoms with Crippen LogP contribution in [0.3, 0.4) is 0 Å². The summed E-state index contributed by atoms with van der Waals surface area (Å²) in [7, 11) is 0. The minimum atomic E-state index is -0.0710. The molecule has 4 rings (SSSR count). The quantitative estimate of drug-likeness (QED) is 0.694. The Kier molecular flexibility index (Phi) is 5.73. The molecule has 1 aromatic heterocycles. The summed E-state index contributed by atoms with van der Waals surface area (Å²) in [5.41, 5.74) is 2.62. The van der Waals surface area contributed by atoms with Gasteiger partial charge in [0, 0.05) is 26.2 Å². The Morgan fingerprint density at radius 1 is 1.10 bits per heavy atom. The molecule has 1 fully saturated rings. The summed E-state index contributed by atoms with van der Waals surface area (Å²) >= 11 is 6.20. The lowest BCUT2D eigenvalue weighted by Gasteiger charge is -2.34. The van der Waals surface area contributed by atoms with Gasteiger partial charge in [0.1, 0.15) is 0 Å². The van der Waals surface area contributed by atoms with E-state index in [1.807, 2.05) is 55.5 Å². The fourth-order valence-electron chi connectivity index (χ4n) is 3.34. The van der Waals surface area contributed by atoms with Crippen molar-refractivity contribution < 1.29 is 4.79 Å². The molecule has 0 spiro atoms. The monoisotopic (exact) mass is 411 g/mol. The fraction of sp³-hybridized carbons (Fsp3) is 0.300. The van der Waals surface area contributed by atoms with Gasteiger partial charge >= 0.3 is 0 Å². The van der Waals surface area contributed by atoms with Crippen molar-refractivity contribution in [3.63, 3.8) is 0 Å². The standard InChI is InChI=1S/C20H22ClN7O/c1-15-7-8-18(17(21)13-15)22-19(29)14-26-9-11-27(12-10-26)20-23-24-25-28(20)16-5-3-2-4-6-16/h2-8,13H,9-12,14H2,1H3,(H,22,29). The van der Waals surface area contributed by atoms with E-state index < -0.39 is 0 Å². The van der Waals surface area contributed by atoms with Crippen LogP contribution in [0.15, 0.2) is 48.5 Å². The summed E-state index contributed by atoms with van der Waals surface area (Å²) < 4.78 is 1.74. The van der Waals surface area contributed by atoms with E-state index in [1.54, 1.807) is 4.68 Å². The Balaban J connectivity index is 1.33. The normalized spacial score (nSPS) is 14.8. The third kappa shape index (κ3) is 4.55. The predicted molar refractivity (Wildman–Crippen MR) is 113 cm³/mol. The van der Waals surface area contributed by atoms with Crippen LogP contribution in [0.5, 0.6) is 0 Å². The smallest absolute Gasteiger partial charge is 0.250 e. The van der Waals surface area contributed by atoms with Gasteiger partial charge in [-0.3, -0.25) is 9.69 Å². The molecule has 150 valence electrons. The maximum Gasteiger partial charge on any atom is 0.250 e. The number of para-hydroxylation sites is 1. The minimum absolute atomic E-state index is 0.0710. The van der Waals surface area contributed by atoms with Crippen molar-refractivity contribution in [2.24, 2.45) is 0 Å². The summed E-state index contributed by atoms with van der Waals surface area (Å²) in [4.78, 5) is 16.7. The summed E-state index contributed by atoms with van der Waals surface area (Å²) in [6.07, 6.45) is 0. The Labute approximate surface area is 174 Å². The molecule has 29 heavy (non-hydrogen) atoms. The molecule has 0 saturated carbocycles. The number of nitrogens with one attached hydrogen (secondary N) is 1. The third-order valence-electron chi connectivity index (χ3n) is 4.87.